The van der Waals surface area contributed by atoms with Crippen LogP contribution in [0.3, 0.4) is 0 Å². The average Bonchev–Trinajstić information content (AvgIpc) is 3.13. The number of fused-ring (bicyclic) bond motifs is 1. The molecule has 9 nitrogen and oxygen atoms in total. The number of aromatic nitrogens is 3. The highest BCUT2D eigenvalue weighted by atomic mass is 32.1. The van der Waals surface area contributed by atoms with E-state index in [9.17, 15) is 14.4 Å². The van der Waals surface area contributed by atoms with Gasteiger partial charge in [-0.3, -0.25) is 14.4 Å². The van der Waals surface area contributed by atoms with Crippen LogP contribution in [0.1, 0.15) is 37.1 Å². The number of hydrogen-bond donors (Lipinski definition) is 0. The fourth-order valence-corrected chi connectivity index (χ4v) is 4.24. The molecule has 0 aliphatic heterocycles. The summed E-state index contributed by atoms with van der Waals surface area (Å²) in [5.74, 6) is 0.914. The summed E-state index contributed by atoms with van der Waals surface area (Å²) in [6.07, 6.45) is 2.80. The zero-order chi connectivity index (χ0) is 24.9. The Kier molecular flexibility index (Phi) is 7.21. The monoisotopic (exact) mass is 493 g/mol. The van der Waals surface area contributed by atoms with Crippen molar-refractivity contribution in [2.24, 2.45) is 0 Å². The Morgan fingerprint density at radius 2 is 1.89 bits per heavy atom. The predicted molar refractivity (Wildman–Crippen MR) is 132 cm³/mol. The van der Waals surface area contributed by atoms with Gasteiger partial charge in [-0.15, -0.1) is 0 Å². The molecule has 0 saturated carbocycles. The van der Waals surface area contributed by atoms with Crippen molar-refractivity contribution >= 4 is 28.3 Å². The molecule has 2 aromatic heterocycles. The van der Waals surface area contributed by atoms with Gasteiger partial charge in [-0.25, -0.2) is 0 Å². The Morgan fingerprint density at radius 3 is 2.57 bits per heavy atom. The van der Waals surface area contributed by atoms with Gasteiger partial charge in [0.05, 0.1) is 18.2 Å². The van der Waals surface area contributed by atoms with E-state index >= 15 is 0 Å². The Hall–Kier alpha value is -4.05. The predicted octanol–water partition coefficient (Wildman–Crippen LogP) is 2.37. The molecule has 0 fully saturated rings. The number of carbonyl (C=O) groups excluding carboxylic acids is 1. The zero-order valence-electron chi connectivity index (χ0n) is 19.4. The maximum Gasteiger partial charge on any atom is 0.308 e. The lowest BCUT2D eigenvalue weighted by atomic mass is 10.1. The van der Waals surface area contributed by atoms with E-state index < -0.39 is 11.5 Å². The SMILES string of the molecule is CCCOc1ccc(Cc2nn3c(=O)c(=Cc4ccc(OC(C)=O)c(OC)c4)sc3nc2=O)cc1. The molecule has 0 N–H and O–H groups in total. The Morgan fingerprint density at radius 1 is 1.11 bits per heavy atom. The van der Waals surface area contributed by atoms with E-state index in [0.29, 0.717) is 22.5 Å². The van der Waals surface area contributed by atoms with Gasteiger partial charge in [0.15, 0.2) is 11.5 Å². The van der Waals surface area contributed by atoms with Crippen molar-refractivity contribution in [1.82, 2.24) is 14.6 Å². The summed E-state index contributed by atoms with van der Waals surface area (Å²) < 4.78 is 17.5. The van der Waals surface area contributed by atoms with E-state index in [-0.39, 0.29) is 28.4 Å². The van der Waals surface area contributed by atoms with E-state index in [1.165, 1.54) is 14.0 Å². The van der Waals surface area contributed by atoms with Gasteiger partial charge in [0.2, 0.25) is 4.96 Å². The smallest absolute Gasteiger partial charge is 0.308 e. The summed E-state index contributed by atoms with van der Waals surface area (Å²) in [5, 5.41) is 4.29. The first-order valence-corrected chi connectivity index (χ1v) is 11.7. The van der Waals surface area contributed by atoms with E-state index in [1.807, 2.05) is 31.2 Å². The van der Waals surface area contributed by atoms with Crippen LogP contribution in [0.5, 0.6) is 17.2 Å². The van der Waals surface area contributed by atoms with E-state index in [1.54, 1.807) is 24.3 Å². The molecule has 4 aromatic rings. The number of rotatable bonds is 8. The molecule has 35 heavy (non-hydrogen) atoms. The van der Waals surface area contributed by atoms with E-state index in [2.05, 4.69) is 10.1 Å². The quantitative estimate of drug-likeness (QED) is 0.272. The summed E-state index contributed by atoms with van der Waals surface area (Å²) in [5.41, 5.74) is 0.824. The number of esters is 1. The molecule has 0 saturated heterocycles. The molecule has 0 amide bonds. The molecule has 0 spiro atoms. The van der Waals surface area contributed by atoms with E-state index in [0.717, 1.165) is 33.6 Å². The number of thiazole rings is 1. The second-order valence-corrected chi connectivity index (χ2v) is 8.66. The van der Waals surface area contributed by atoms with Crippen molar-refractivity contribution in [3.05, 3.63) is 84.5 Å². The van der Waals surface area contributed by atoms with Crippen molar-refractivity contribution in [3.63, 3.8) is 0 Å². The summed E-state index contributed by atoms with van der Waals surface area (Å²) in [6, 6.07) is 12.3. The number of ether oxygens (including phenoxy) is 3. The number of hydrogen-bond acceptors (Lipinski definition) is 9. The fraction of sp³-hybridized carbons (Fsp3) is 0.240. The van der Waals surface area contributed by atoms with Gasteiger partial charge in [-0.05, 0) is 47.9 Å². The van der Waals surface area contributed by atoms with Crippen LogP contribution in [0.15, 0.2) is 52.1 Å². The molecule has 0 radical (unpaired) electrons. The number of nitrogens with zero attached hydrogens (tertiary/aromatic N) is 3. The lowest BCUT2D eigenvalue weighted by Crippen LogP contribution is -2.28. The molecule has 0 bridgehead atoms. The van der Waals surface area contributed by atoms with Crippen molar-refractivity contribution in [2.75, 3.05) is 13.7 Å². The van der Waals surface area contributed by atoms with Gasteiger partial charge in [0, 0.05) is 13.3 Å². The van der Waals surface area contributed by atoms with Crippen LogP contribution in [0.25, 0.3) is 11.0 Å². The van der Waals surface area contributed by atoms with E-state index in [4.69, 9.17) is 14.2 Å². The molecule has 4 rings (SSSR count). The molecule has 0 unspecified atom stereocenters. The molecule has 0 atom stereocenters. The minimum atomic E-state index is -0.475. The van der Waals surface area contributed by atoms with Crippen molar-refractivity contribution < 1.29 is 19.0 Å². The fourth-order valence-electron chi connectivity index (χ4n) is 3.33. The average molecular weight is 494 g/mol. The first kappa shape index (κ1) is 24.1. The summed E-state index contributed by atoms with van der Waals surface area (Å²) in [7, 11) is 1.46. The van der Waals surface area contributed by atoms with Gasteiger partial charge in [-0.2, -0.15) is 14.6 Å². The lowest BCUT2D eigenvalue weighted by molar-refractivity contribution is -0.132. The normalized spacial score (nSPS) is 11.6. The topological polar surface area (TPSA) is 109 Å². The zero-order valence-corrected chi connectivity index (χ0v) is 20.3. The third kappa shape index (κ3) is 5.55. The van der Waals surface area contributed by atoms with Crippen LogP contribution < -0.4 is 29.9 Å². The third-order valence-electron chi connectivity index (χ3n) is 4.96. The standard InChI is InChI=1S/C25H23N3O6S/c1-4-11-33-18-8-5-16(6-9-18)12-19-23(30)26-25-28(27-19)24(31)22(35-25)14-17-7-10-20(34-15(2)29)21(13-17)32-3/h5-10,13-14H,4,11-12H2,1-3H3. The largest absolute Gasteiger partial charge is 0.494 e. The second kappa shape index (κ2) is 10.5. The van der Waals surface area contributed by atoms with Crippen LogP contribution in [0, 0.1) is 0 Å². The number of benzene rings is 2. The molecule has 10 heteroatoms. The first-order chi connectivity index (χ1) is 16.9. The summed E-state index contributed by atoms with van der Waals surface area (Å²) in [6.45, 7) is 3.97. The summed E-state index contributed by atoms with van der Waals surface area (Å²) in [4.78, 5) is 41.1. The minimum Gasteiger partial charge on any atom is -0.494 e. The van der Waals surface area contributed by atoms with Crippen molar-refractivity contribution in [1.29, 1.82) is 0 Å². The Bertz CT molecular complexity index is 1540. The third-order valence-corrected chi connectivity index (χ3v) is 5.92. The molecule has 0 aliphatic rings. The van der Waals surface area contributed by atoms with Crippen LogP contribution in [0.2, 0.25) is 0 Å². The van der Waals surface area contributed by atoms with Crippen LogP contribution in [-0.2, 0) is 11.2 Å². The van der Waals surface area contributed by atoms with Crippen LogP contribution in [-0.4, -0.2) is 34.3 Å². The van der Waals surface area contributed by atoms with Crippen LogP contribution >= 0.6 is 11.3 Å². The minimum absolute atomic E-state index is 0.179. The van der Waals surface area contributed by atoms with Crippen molar-refractivity contribution in [3.8, 4) is 17.2 Å². The lowest BCUT2D eigenvalue weighted by Gasteiger charge is -2.08. The number of methoxy groups -OCH3 is 1. The number of carbonyl (C=O) groups is 1. The Labute approximate surface area is 204 Å². The summed E-state index contributed by atoms with van der Waals surface area (Å²) >= 11 is 1.06. The maximum absolute atomic E-state index is 13.0. The molecule has 2 heterocycles. The molecular weight excluding hydrogens is 470 g/mol. The molecular formula is C25H23N3O6S. The van der Waals surface area contributed by atoms with Crippen LogP contribution in [0.4, 0.5) is 0 Å². The van der Waals surface area contributed by atoms with Crippen molar-refractivity contribution in [2.45, 2.75) is 26.7 Å². The highest BCUT2D eigenvalue weighted by molar-refractivity contribution is 7.15. The van der Waals surface area contributed by atoms with Gasteiger partial charge in [-0.1, -0.05) is 36.5 Å². The highest BCUT2D eigenvalue weighted by Gasteiger charge is 2.13. The molecule has 0 aliphatic carbocycles. The van der Waals surface area contributed by atoms with Gasteiger partial charge < -0.3 is 14.2 Å². The Balaban J connectivity index is 1.66. The van der Waals surface area contributed by atoms with Gasteiger partial charge in [0.1, 0.15) is 11.4 Å². The maximum atomic E-state index is 13.0. The molecule has 180 valence electrons. The van der Waals surface area contributed by atoms with Gasteiger partial charge in [0.25, 0.3) is 11.1 Å². The second-order valence-electron chi connectivity index (χ2n) is 7.65. The first-order valence-electron chi connectivity index (χ1n) is 10.9. The highest BCUT2D eigenvalue weighted by Crippen LogP contribution is 2.28. The van der Waals surface area contributed by atoms with Gasteiger partial charge >= 0.3 is 5.97 Å². The molecule has 2 aromatic carbocycles.